The van der Waals surface area contributed by atoms with Crippen molar-refractivity contribution in [3.05, 3.63) is 42.4 Å². The quantitative estimate of drug-likeness (QED) is 0.726. The number of aryl methyl sites for hydroxylation is 1. The van der Waals surface area contributed by atoms with Crippen LogP contribution in [0.4, 0.5) is 5.82 Å². The first-order chi connectivity index (χ1) is 11.6. The Kier molecular flexibility index (Phi) is 3.69. The highest BCUT2D eigenvalue weighted by molar-refractivity contribution is 5.88. The molecule has 1 aliphatic rings. The number of aromatic nitrogens is 4. The lowest BCUT2D eigenvalue weighted by molar-refractivity contribution is -0.00538. The molecule has 1 saturated heterocycles. The molecule has 0 bridgehead atoms. The molecule has 0 spiro atoms. The largest absolute Gasteiger partial charge is 0.372 e. The highest BCUT2D eigenvalue weighted by Crippen LogP contribution is 2.27. The Morgan fingerprint density at radius 3 is 2.46 bits per heavy atom. The van der Waals surface area contributed by atoms with Crippen molar-refractivity contribution in [2.75, 3.05) is 18.0 Å². The molecule has 2 aromatic heterocycles. The van der Waals surface area contributed by atoms with Crippen LogP contribution in [0.5, 0.6) is 0 Å². The number of fused-ring (bicyclic) bond motifs is 1. The zero-order valence-electron chi connectivity index (χ0n) is 14.2. The monoisotopic (exact) mass is 323 g/mol. The van der Waals surface area contributed by atoms with E-state index in [1.165, 1.54) is 0 Å². The Hall–Kier alpha value is -2.47. The lowest BCUT2D eigenvalue weighted by Crippen LogP contribution is -2.46. The van der Waals surface area contributed by atoms with Crippen LogP contribution in [0.25, 0.3) is 16.7 Å². The Bertz CT molecular complexity index is 850. The summed E-state index contributed by atoms with van der Waals surface area (Å²) in [7, 11) is 0. The molecule has 3 aromatic rings. The van der Waals surface area contributed by atoms with Crippen LogP contribution in [-0.2, 0) is 4.74 Å². The molecule has 3 heterocycles. The minimum Gasteiger partial charge on any atom is -0.372 e. The van der Waals surface area contributed by atoms with E-state index in [-0.39, 0.29) is 12.2 Å². The molecule has 1 fully saturated rings. The van der Waals surface area contributed by atoms with Crippen LogP contribution in [0, 0.1) is 6.92 Å². The van der Waals surface area contributed by atoms with E-state index in [1.54, 1.807) is 0 Å². The summed E-state index contributed by atoms with van der Waals surface area (Å²) in [5, 5.41) is 5.53. The Labute approximate surface area is 141 Å². The number of para-hydroxylation sites is 1. The molecule has 0 aliphatic carbocycles. The zero-order chi connectivity index (χ0) is 16.7. The van der Waals surface area contributed by atoms with Gasteiger partial charge in [-0.1, -0.05) is 18.2 Å². The maximum atomic E-state index is 5.85. The highest BCUT2D eigenvalue weighted by Gasteiger charge is 2.26. The topological polar surface area (TPSA) is 56.1 Å². The van der Waals surface area contributed by atoms with E-state index < -0.39 is 0 Å². The van der Waals surface area contributed by atoms with Crippen LogP contribution >= 0.6 is 0 Å². The number of nitrogens with zero attached hydrogens (tertiary/aromatic N) is 5. The van der Waals surface area contributed by atoms with E-state index in [2.05, 4.69) is 28.8 Å². The Morgan fingerprint density at radius 2 is 1.75 bits per heavy atom. The standard InChI is InChI=1S/C18H21N5O/c1-12-10-22(11-13(2)24-12)17-16-9-19-23(15-7-5-4-6-8-15)18(16)21-14(3)20-17/h4-9,12-13H,10-11H2,1-3H3/t12-,13+. The van der Waals surface area contributed by atoms with Crippen molar-refractivity contribution < 1.29 is 4.74 Å². The molecule has 6 heteroatoms. The van der Waals surface area contributed by atoms with Crippen molar-refractivity contribution in [2.45, 2.75) is 33.0 Å². The van der Waals surface area contributed by atoms with E-state index in [0.29, 0.717) is 0 Å². The van der Waals surface area contributed by atoms with Gasteiger partial charge in [0.2, 0.25) is 0 Å². The van der Waals surface area contributed by atoms with Crippen molar-refractivity contribution in [1.82, 2.24) is 19.7 Å². The summed E-state index contributed by atoms with van der Waals surface area (Å²) in [6.45, 7) is 7.78. The van der Waals surface area contributed by atoms with Crippen molar-refractivity contribution in [3.63, 3.8) is 0 Å². The maximum absolute atomic E-state index is 5.85. The molecular formula is C18H21N5O. The molecule has 124 valence electrons. The van der Waals surface area contributed by atoms with Crippen LogP contribution in [0.2, 0.25) is 0 Å². The fourth-order valence-corrected chi connectivity index (χ4v) is 3.35. The smallest absolute Gasteiger partial charge is 0.168 e. The van der Waals surface area contributed by atoms with Crippen LogP contribution < -0.4 is 4.90 Å². The summed E-state index contributed by atoms with van der Waals surface area (Å²) < 4.78 is 7.72. The van der Waals surface area contributed by atoms with Crippen LogP contribution in [0.3, 0.4) is 0 Å². The summed E-state index contributed by atoms with van der Waals surface area (Å²) >= 11 is 0. The minimum atomic E-state index is 0.184. The SMILES string of the molecule is Cc1nc(N2C[C@@H](C)O[C@@H](C)C2)c2cnn(-c3ccccc3)c2n1. The predicted molar refractivity (Wildman–Crippen MR) is 93.6 cm³/mol. The molecule has 0 N–H and O–H groups in total. The van der Waals surface area contributed by atoms with Crippen molar-refractivity contribution in [3.8, 4) is 5.69 Å². The van der Waals surface area contributed by atoms with Gasteiger partial charge in [0, 0.05) is 13.1 Å². The Balaban J connectivity index is 1.84. The number of hydrogen-bond donors (Lipinski definition) is 0. The average Bonchev–Trinajstić information content (AvgIpc) is 2.97. The van der Waals surface area contributed by atoms with Gasteiger partial charge in [-0.3, -0.25) is 0 Å². The van der Waals surface area contributed by atoms with Gasteiger partial charge in [-0.15, -0.1) is 0 Å². The molecule has 0 amide bonds. The zero-order valence-corrected chi connectivity index (χ0v) is 14.2. The molecule has 2 atom stereocenters. The third kappa shape index (κ3) is 2.63. The fourth-order valence-electron chi connectivity index (χ4n) is 3.35. The van der Waals surface area contributed by atoms with Gasteiger partial charge in [-0.25, -0.2) is 14.6 Å². The first kappa shape index (κ1) is 15.1. The number of anilines is 1. The number of hydrogen-bond acceptors (Lipinski definition) is 5. The number of rotatable bonds is 2. The summed E-state index contributed by atoms with van der Waals surface area (Å²) in [5.74, 6) is 1.70. The third-order valence-corrected chi connectivity index (χ3v) is 4.24. The molecule has 4 rings (SSSR count). The van der Waals surface area contributed by atoms with Crippen molar-refractivity contribution >= 4 is 16.9 Å². The van der Waals surface area contributed by atoms with Crippen molar-refractivity contribution in [2.24, 2.45) is 0 Å². The van der Waals surface area contributed by atoms with Gasteiger partial charge in [-0.05, 0) is 32.9 Å². The summed E-state index contributed by atoms with van der Waals surface area (Å²) in [5.41, 5.74) is 1.84. The Morgan fingerprint density at radius 1 is 1.04 bits per heavy atom. The van der Waals surface area contributed by atoms with Crippen LogP contribution in [0.1, 0.15) is 19.7 Å². The van der Waals surface area contributed by atoms with Gasteiger partial charge in [-0.2, -0.15) is 5.10 Å². The number of ether oxygens (including phenoxy) is 1. The predicted octanol–water partition coefficient (Wildman–Crippen LogP) is 2.74. The highest BCUT2D eigenvalue weighted by atomic mass is 16.5. The minimum absolute atomic E-state index is 0.184. The molecule has 1 aromatic carbocycles. The normalized spacial score (nSPS) is 21.4. The summed E-state index contributed by atoms with van der Waals surface area (Å²) in [4.78, 5) is 11.6. The summed E-state index contributed by atoms with van der Waals surface area (Å²) in [6, 6.07) is 10.1. The molecule has 24 heavy (non-hydrogen) atoms. The van der Waals surface area contributed by atoms with Crippen LogP contribution in [0.15, 0.2) is 36.5 Å². The first-order valence-electron chi connectivity index (χ1n) is 8.30. The molecule has 0 unspecified atom stereocenters. The molecule has 6 nitrogen and oxygen atoms in total. The van der Waals surface area contributed by atoms with Gasteiger partial charge in [0.05, 0.1) is 29.5 Å². The van der Waals surface area contributed by atoms with Gasteiger partial charge in [0.15, 0.2) is 5.65 Å². The van der Waals surface area contributed by atoms with E-state index in [9.17, 15) is 0 Å². The van der Waals surface area contributed by atoms with Gasteiger partial charge in [0.1, 0.15) is 11.6 Å². The fraction of sp³-hybridized carbons (Fsp3) is 0.389. The van der Waals surface area contributed by atoms with E-state index in [4.69, 9.17) is 9.72 Å². The van der Waals surface area contributed by atoms with Gasteiger partial charge >= 0.3 is 0 Å². The molecule has 1 aliphatic heterocycles. The second-order valence-corrected chi connectivity index (χ2v) is 6.39. The molecule has 0 radical (unpaired) electrons. The van der Waals surface area contributed by atoms with Gasteiger partial charge in [0.25, 0.3) is 0 Å². The van der Waals surface area contributed by atoms with E-state index in [1.807, 2.05) is 48.1 Å². The maximum Gasteiger partial charge on any atom is 0.168 e. The third-order valence-electron chi connectivity index (χ3n) is 4.24. The number of benzene rings is 1. The lowest BCUT2D eigenvalue weighted by Gasteiger charge is -2.36. The van der Waals surface area contributed by atoms with E-state index in [0.717, 1.165) is 41.5 Å². The second kappa shape index (κ2) is 5.87. The van der Waals surface area contributed by atoms with Gasteiger partial charge < -0.3 is 9.64 Å². The lowest BCUT2D eigenvalue weighted by atomic mass is 10.2. The van der Waals surface area contributed by atoms with E-state index >= 15 is 0 Å². The molecule has 0 saturated carbocycles. The van der Waals surface area contributed by atoms with Crippen LogP contribution in [-0.4, -0.2) is 45.0 Å². The molecular weight excluding hydrogens is 302 g/mol. The summed E-state index contributed by atoms with van der Waals surface area (Å²) in [6.07, 6.45) is 2.23. The second-order valence-electron chi connectivity index (χ2n) is 6.39. The number of morpholine rings is 1. The van der Waals surface area contributed by atoms with Crippen molar-refractivity contribution in [1.29, 1.82) is 0 Å². The first-order valence-corrected chi connectivity index (χ1v) is 8.30. The average molecular weight is 323 g/mol.